The molecule has 0 N–H and O–H groups in total. The summed E-state index contributed by atoms with van der Waals surface area (Å²) < 4.78 is 2.22. The highest BCUT2D eigenvalue weighted by Crippen LogP contribution is 2.35. The van der Waals surface area contributed by atoms with Crippen molar-refractivity contribution in [3.63, 3.8) is 0 Å². The minimum Gasteiger partial charge on any atom is -0.302 e. The van der Waals surface area contributed by atoms with E-state index in [0.717, 1.165) is 73.1 Å². The topological polar surface area (TPSA) is 66.6 Å². The van der Waals surface area contributed by atoms with Crippen molar-refractivity contribution >= 4 is 17.4 Å². The zero-order valence-electron chi connectivity index (χ0n) is 20.3. The van der Waals surface area contributed by atoms with E-state index in [1.807, 2.05) is 4.90 Å². The van der Waals surface area contributed by atoms with E-state index in [4.69, 9.17) is 15.0 Å². The Labute approximate surface area is 195 Å². The zero-order chi connectivity index (χ0) is 23.1. The van der Waals surface area contributed by atoms with Crippen LogP contribution in [0.1, 0.15) is 79.1 Å². The van der Waals surface area contributed by atoms with E-state index in [0.29, 0.717) is 6.42 Å². The number of aryl methyl sites for hydroxylation is 3. The van der Waals surface area contributed by atoms with Gasteiger partial charge in [0.2, 0.25) is 5.91 Å². The summed E-state index contributed by atoms with van der Waals surface area (Å²) in [6.07, 6.45) is 7.74. The average Bonchev–Trinajstić information content (AvgIpc) is 3.10. The van der Waals surface area contributed by atoms with Crippen molar-refractivity contribution in [1.29, 1.82) is 0 Å². The van der Waals surface area contributed by atoms with Crippen molar-refractivity contribution in [2.75, 3.05) is 18.0 Å². The van der Waals surface area contributed by atoms with Crippen LogP contribution in [0.25, 0.3) is 5.65 Å². The van der Waals surface area contributed by atoms with Crippen molar-refractivity contribution in [2.24, 2.45) is 0 Å². The number of anilines is 1. The van der Waals surface area contributed by atoms with Gasteiger partial charge in [-0.05, 0) is 70.7 Å². The predicted molar refractivity (Wildman–Crippen MR) is 129 cm³/mol. The van der Waals surface area contributed by atoms with E-state index in [1.165, 1.54) is 24.1 Å². The van der Waals surface area contributed by atoms with E-state index in [9.17, 15) is 4.79 Å². The van der Waals surface area contributed by atoms with Crippen LogP contribution in [0.3, 0.4) is 0 Å². The third-order valence-corrected chi connectivity index (χ3v) is 7.15. The van der Waals surface area contributed by atoms with Crippen LogP contribution in [-0.4, -0.2) is 43.2 Å². The molecule has 1 saturated heterocycles. The number of piperidine rings is 1. The summed E-state index contributed by atoms with van der Waals surface area (Å²) >= 11 is 0. The smallest absolute Gasteiger partial charge is 0.228 e. The molecule has 174 valence electrons. The summed E-state index contributed by atoms with van der Waals surface area (Å²) in [5.41, 5.74) is 6.70. The van der Waals surface area contributed by atoms with Crippen molar-refractivity contribution in [3.8, 4) is 0 Å². The molecular weight excluding hydrogens is 412 g/mol. The molecule has 1 fully saturated rings. The van der Waals surface area contributed by atoms with E-state index in [-0.39, 0.29) is 11.9 Å². The Balaban J connectivity index is 1.51. The van der Waals surface area contributed by atoms with Gasteiger partial charge in [-0.25, -0.2) is 15.0 Å². The molecule has 7 nitrogen and oxygen atoms in total. The van der Waals surface area contributed by atoms with E-state index in [2.05, 4.69) is 55.3 Å². The summed E-state index contributed by atoms with van der Waals surface area (Å²) in [7, 11) is 0. The molecule has 7 heteroatoms. The van der Waals surface area contributed by atoms with Gasteiger partial charge in [0.15, 0.2) is 0 Å². The second-order valence-corrected chi connectivity index (χ2v) is 9.57. The first-order valence-electron chi connectivity index (χ1n) is 12.3. The molecule has 1 atom stereocenters. The number of rotatable bonds is 5. The molecule has 5 rings (SSSR count). The minimum absolute atomic E-state index is 0.152. The number of hydrogen-bond donors (Lipinski definition) is 0. The first-order valence-corrected chi connectivity index (χ1v) is 12.3. The molecule has 0 saturated carbocycles. The van der Waals surface area contributed by atoms with Crippen LogP contribution in [0.4, 0.5) is 5.82 Å². The van der Waals surface area contributed by atoms with E-state index < -0.39 is 0 Å². The fraction of sp³-hybridized carbons (Fsp3) is 0.538. The zero-order valence-corrected chi connectivity index (χ0v) is 20.3. The molecule has 0 aromatic carbocycles. The number of fused-ring (bicyclic) bond motifs is 2. The monoisotopic (exact) mass is 446 g/mol. The molecule has 1 unspecified atom stereocenters. The maximum atomic E-state index is 12.7. The highest BCUT2D eigenvalue weighted by Gasteiger charge is 2.32. The predicted octanol–water partition coefficient (Wildman–Crippen LogP) is 4.47. The Morgan fingerprint density at radius 1 is 1.06 bits per heavy atom. The quantitative estimate of drug-likeness (QED) is 0.579. The van der Waals surface area contributed by atoms with Gasteiger partial charge in [0.25, 0.3) is 0 Å². The lowest BCUT2D eigenvalue weighted by molar-refractivity contribution is -0.119. The van der Waals surface area contributed by atoms with Gasteiger partial charge in [-0.1, -0.05) is 13.3 Å². The van der Waals surface area contributed by atoms with Crippen molar-refractivity contribution in [2.45, 2.75) is 78.8 Å². The van der Waals surface area contributed by atoms with Crippen molar-refractivity contribution in [3.05, 3.63) is 52.4 Å². The summed E-state index contributed by atoms with van der Waals surface area (Å²) in [5, 5.41) is 0. The molecule has 3 aromatic heterocycles. The van der Waals surface area contributed by atoms with Gasteiger partial charge in [0, 0.05) is 37.0 Å². The van der Waals surface area contributed by atoms with Crippen LogP contribution >= 0.6 is 0 Å². The Morgan fingerprint density at radius 2 is 1.91 bits per heavy atom. The van der Waals surface area contributed by atoms with Gasteiger partial charge in [-0.3, -0.25) is 14.6 Å². The minimum atomic E-state index is 0.152. The third-order valence-electron chi connectivity index (χ3n) is 7.15. The van der Waals surface area contributed by atoms with E-state index >= 15 is 0 Å². The summed E-state index contributed by atoms with van der Waals surface area (Å²) in [5.74, 6) is 1.90. The van der Waals surface area contributed by atoms with Gasteiger partial charge >= 0.3 is 0 Å². The first kappa shape index (κ1) is 22.0. The average molecular weight is 447 g/mol. The SMILES string of the molecule is CCCN1C(=O)CCc2c(C)nc(C3CCCCN3Cc3c(C)nc4cc(C)ccn34)nc21. The molecule has 1 amide bonds. The second-order valence-electron chi connectivity index (χ2n) is 9.57. The number of aromatic nitrogens is 4. The molecule has 33 heavy (non-hydrogen) atoms. The molecule has 0 spiro atoms. The van der Waals surface area contributed by atoms with Crippen molar-refractivity contribution < 1.29 is 4.79 Å². The number of carbonyl (C=O) groups excluding carboxylic acids is 1. The molecule has 0 radical (unpaired) electrons. The van der Waals surface area contributed by atoms with Gasteiger partial charge in [0.05, 0.1) is 17.4 Å². The standard InChI is InChI=1S/C26H34N6O/c1-5-12-32-24(33)10-9-20-18(3)28-25(29-26(20)32)21-8-6-7-13-30(21)16-22-19(4)27-23-15-17(2)11-14-31(22)23/h11,14-15,21H,5-10,12-13,16H2,1-4H3. The Hall–Kier alpha value is -2.80. The third kappa shape index (κ3) is 4.03. The molecule has 5 heterocycles. The molecular formula is C26H34N6O. The number of likely N-dealkylation sites (tertiary alicyclic amines) is 1. The van der Waals surface area contributed by atoms with Crippen LogP contribution in [-0.2, 0) is 17.8 Å². The molecule has 0 aliphatic carbocycles. The van der Waals surface area contributed by atoms with Crippen LogP contribution in [0.15, 0.2) is 18.3 Å². The molecule has 3 aromatic rings. The number of pyridine rings is 1. The van der Waals surface area contributed by atoms with Crippen LogP contribution < -0.4 is 4.90 Å². The first-order chi connectivity index (χ1) is 16.0. The fourth-order valence-electron chi connectivity index (χ4n) is 5.38. The number of imidazole rings is 1. The summed E-state index contributed by atoms with van der Waals surface area (Å²) in [6, 6.07) is 4.43. The van der Waals surface area contributed by atoms with Gasteiger partial charge in [-0.2, -0.15) is 0 Å². The highest BCUT2D eigenvalue weighted by atomic mass is 16.2. The number of amides is 1. The van der Waals surface area contributed by atoms with Crippen LogP contribution in [0.2, 0.25) is 0 Å². The molecule has 2 aliphatic rings. The second kappa shape index (κ2) is 8.86. The molecule has 2 aliphatic heterocycles. The number of hydrogen-bond acceptors (Lipinski definition) is 5. The Bertz CT molecular complexity index is 1200. The van der Waals surface area contributed by atoms with Gasteiger partial charge in [-0.15, -0.1) is 0 Å². The van der Waals surface area contributed by atoms with Gasteiger partial charge < -0.3 is 4.40 Å². The number of nitrogens with zero attached hydrogens (tertiary/aromatic N) is 6. The van der Waals surface area contributed by atoms with Crippen molar-refractivity contribution in [1.82, 2.24) is 24.3 Å². The van der Waals surface area contributed by atoms with Crippen LogP contribution in [0, 0.1) is 20.8 Å². The lowest BCUT2D eigenvalue weighted by atomic mass is 9.99. The normalized spacial score (nSPS) is 19.3. The molecule has 0 bridgehead atoms. The lowest BCUT2D eigenvalue weighted by Gasteiger charge is -2.36. The van der Waals surface area contributed by atoms with Crippen LogP contribution in [0.5, 0.6) is 0 Å². The summed E-state index contributed by atoms with van der Waals surface area (Å²) in [6.45, 7) is 10.9. The van der Waals surface area contributed by atoms with Gasteiger partial charge in [0.1, 0.15) is 17.3 Å². The summed E-state index contributed by atoms with van der Waals surface area (Å²) in [4.78, 5) is 31.9. The number of carbonyl (C=O) groups is 1. The lowest BCUT2D eigenvalue weighted by Crippen LogP contribution is -2.39. The Kier molecular flexibility index (Phi) is 5.91. The highest BCUT2D eigenvalue weighted by molar-refractivity contribution is 5.95. The largest absolute Gasteiger partial charge is 0.302 e. The van der Waals surface area contributed by atoms with E-state index in [1.54, 1.807) is 0 Å². The fourth-order valence-corrected chi connectivity index (χ4v) is 5.38. The Morgan fingerprint density at radius 3 is 2.73 bits per heavy atom. The maximum Gasteiger partial charge on any atom is 0.228 e. The maximum absolute atomic E-state index is 12.7.